The number of hydrogen-bond acceptors (Lipinski definition) is 1. The van der Waals surface area contributed by atoms with Crippen molar-refractivity contribution in [2.24, 2.45) is 17.8 Å². The molecule has 0 radical (unpaired) electrons. The summed E-state index contributed by atoms with van der Waals surface area (Å²) in [5.74, 6) is 1.12. The molecule has 0 amide bonds. The number of aliphatic hydroxyl groups is 1. The van der Waals surface area contributed by atoms with E-state index in [0.717, 1.165) is 25.2 Å². The smallest absolute Gasteiger partial charge is 0.142 e. The molecule has 1 fully saturated rings. The van der Waals surface area contributed by atoms with Crippen LogP contribution in [0.2, 0.25) is 5.02 Å². The first-order valence-corrected chi connectivity index (χ1v) is 7.00. The van der Waals surface area contributed by atoms with Crippen molar-refractivity contribution in [3.63, 3.8) is 0 Å². The van der Waals surface area contributed by atoms with Crippen LogP contribution in [0.15, 0.2) is 18.2 Å². The van der Waals surface area contributed by atoms with E-state index in [1.807, 2.05) is 0 Å². The number of halogens is 2. The molecule has 1 nitrogen and oxygen atoms in total. The molecule has 0 aromatic heterocycles. The summed E-state index contributed by atoms with van der Waals surface area (Å²) in [5, 5.41) is 10.5. The monoisotopic (exact) mass is 270 g/mol. The Morgan fingerprint density at radius 3 is 2.61 bits per heavy atom. The maximum Gasteiger partial charge on any atom is 0.142 e. The first kappa shape index (κ1) is 13.8. The molecule has 1 aromatic rings. The van der Waals surface area contributed by atoms with E-state index in [1.165, 1.54) is 12.1 Å². The van der Waals surface area contributed by atoms with Crippen LogP contribution in [-0.2, 0) is 0 Å². The highest BCUT2D eigenvalue weighted by molar-refractivity contribution is 6.30. The Labute approximate surface area is 113 Å². The molecule has 1 saturated carbocycles. The molecular weight excluding hydrogens is 251 g/mol. The molecule has 2 rings (SSSR count). The minimum absolute atomic E-state index is 0.108. The Kier molecular flexibility index (Phi) is 4.29. The number of hydrogen-bond donors (Lipinski definition) is 1. The van der Waals surface area contributed by atoms with Crippen molar-refractivity contribution in [1.29, 1.82) is 0 Å². The van der Waals surface area contributed by atoms with Crippen LogP contribution in [0, 0.1) is 23.6 Å². The Morgan fingerprint density at radius 2 is 2.00 bits per heavy atom. The first-order chi connectivity index (χ1) is 8.49. The summed E-state index contributed by atoms with van der Waals surface area (Å²) in [6, 6.07) is 4.60. The third-order valence-electron chi connectivity index (χ3n) is 4.37. The third-order valence-corrected chi connectivity index (χ3v) is 4.68. The molecule has 1 aliphatic carbocycles. The topological polar surface area (TPSA) is 20.2 Å². The van der Waals surface area contributed by atoms with Crippen LogP contribution >= 0.6 is 11.6 Å². The van der Waals surface area contributed by atoms with E-state index in [-0.39, 0.29) is 10.9 Å². The van der Waals surface area contributed by atoms with Crippen LogP contribution in [0.25, 0.3) is 0 Å². The van der Waals surface area contributed by atoms with Crippen LogP contribution in [0.5, 0.6) is 0 Å². The van der Waals surface area contributed by atoms with E-state index < -0.39 is 11.9 Å². The number of rotatable bonds is 2. The van der Waals surface area contributed by atoms with Crippen molar-refractivity contribution >= 4 is 11.6 Å². The van der Waals surface area contributed by atoms with Gasteiger partial charge in [-0.3, -0.25) is 0 Å². The van der Waals surface area contributed by atoms with Crippen molar-refractivity contribution in [2.45, 2.75) is 39.2 Å². The summed E-state index contributed by atoms with van der Waals surface area (Å²) in [5.41, 5.74) is 0.642. The van der Waals surface area contributed by atoms with E-state index in [1.54, 1.807) is 6.07 Å². The van der Waals surface area contributed by atoms with Gasteiger partial charge in [0.2, 0.25) is 0 Å². The zero-order valence-electron chi connectivity index (χ0n) is 10.9. The van der Waals surface area contributed by atoms with Crippen molar-refractivity contribution in [3.05, 3.63) is 34.6 Å². The molecule has 4 atom stereocenters. The van der Waals surface area contributed by atoms with Gasteiger partial charge in [0.05, 0.1) is 11.1 Å². The van der Waals surface area contributed by atoms with Gasteiger partial charge in [-0.25, -0.2) is 4.39 Å². The lowest BCUT2D eigenvalue weighted by atomic mass is 9.73. The number of aliphatic hydroxyl groups excluding tert-OH is 1. The van der Waals surface area contributed by atoms with Crippen molar-refractivity contribution in [1.82, 2.24) is 0 Å². The summed E-state index contributed by atoms with van der Waals surface area (Å²) in [6.07, 6.45) is 2.58. The fourth-order valence-corrected chi connectivity index (χ4v) is 2.96. The molecule has 0 spiro atoms. The lowest BCUT2D eigenvalue weighted by Gasteiger charge is -2.34. The molecule has 0 heterocycles. The van der Waals surface area contributed by atoms with Crippen molar-refractivity contribution < 1.29 is 9.50 Å². The quantitative estimate of drug-likeness (QED) is 0.834. The Hall–Kier alpha value is -0.600. The van der Waals surface area contributed by atoms with E-state index in [0.29, 0.717) is 11.5 Å². The lowest BCUT2D eigenvalue weighted by Crippen LogP contribution is -2.25. The summed E-state index contributed by atoms with van der Waals surface area (Å²) in [6.45, 7) is 4.49. The fourth-order valence-electron chi connectivity index (χ4n) is 2.84. The second-order valence-corrected chi connectivity index (χ2v) is 6.05. The highest BCUT2D eigenvalue weighted by Crippen LogP contribution is 2.40. The maximum absolute atomic E-state index is 13.4. The van der Waals surface area contributed by atoms with Gasteiger partial charge in [0.15, 0.2) is 0 Å². The highest BCUT2D eigenvalue weighted by atomic mass is 35.5. The molecule has 100 valence electrons. The molecule has 3 heteroatoms. The normalized spacial score (nSPS) is 30.2. The molecule has 1 aromatic carbocycles. The van der Waals surface area contributed by atoms with Crippen molar-refractivity contribution in [2.75, 3.05) is 0 Å². The van der Waals surface area contributed by atoms with E-state index >= 15 is 0 Å². The van der Waals surface area contributed by atoms with E-state index in [9.17, 15) is 9.50 Å². The zero-order valence-corrected chi connectivity index (χ0v) is 11.6. The molecule has 18 heavy (non-hydrogen) atoms. The second kappa shape index (κ2) is 5.58. The Balaban J connectivity index is 2.11. The van der Waals surface area contributed by atoms with Gasteiger partial charge < -0.3 is 5.11 Å². The largest absolute Gasteiger partial charge is 0.388 e. The molecule has 1 aliphatic rings. The van der Waals surface area contributed by atoms with Gasteiger partial charge in [0.1, 0.15) is 5.82 Å². The minimum Gasteiger partial charge on any atom is -0.388 e. The first-order valence-electron chi connectivity index (χ1n) is 6.62. The number of benzene rings is 1. The van der Waals surface area contributed by atoms with Gasteiger partial charge in [-0.1, -0.05) is 37.9 Å². The van der Waals surface area contributed by atoms with Crippen molar-refractivity contribution in [3.8, 4) is 0 Å². The summed E-state index contributed by atoms with van der Waals surface area (Å²) < 4.78 is 13.4. The fraction of sp³-hybridized carbons (Fsp3) is 0.600. The molecule has 4 unspecified atom stereocenters. The Morgan fingerprint density at radius 1 is 1.28 bits per heavy atom. The van der Waals surface area contributed by atoms with Gasteiger partial charge in [0.25, 0.3) is 0 Å². The van der Waals surface area contributed by atoms with Gasteiger partial charge >= 0.3 is 0 Å². The second-order valence-electron chi connectivity index (χ2n) is 5.65. The van der Waals surface area contributed by atoms with Crippen LogP contribution in [0.1, 0.15) is 44.8 Å². The maximum atomic E-state index is 13.4. The molecule has 0 saturated heterocycles. The summed E-state index contributed by atoms with van der Waals surface area (Å²) in [7, 11) is 0. The van der Waals surface area contributed by atoms with Gasteiger partial charge in [0, 0.05) is 0 Å². The van der Waals surface area contributed by atoms with Gasteiger partial charge in [-0.05, 0) is 48.3 Å². The van der Waals surface area contributed by atoms with Crippen LogP contribution < -0.4 is 0 Å². The molecular formula is C15H20ClFO. The molecule has 0 aliphatic heterocycles. The average Bonchev–Trinajstić information content (AvgIpc) is 2.35. The van der Waals surface area contributed by atoms with Crippen LogP contribution in [-0.4, -0.2) is 5.11 Å². The molecule has 1 N–H and O–H groups in total. The third kappa shape index (κ3) is 2.86. The predicted octanol–water partition coefficient (Wildman–Crippen LogP) is 4.58. The zero-order chi connectivity index (χ0) is 13.3. The summed E-state index contributed by atoms with van der Waals surface area (Å²) in [4.78, 5) is 0. The van der Waals surface area contributed by atoms with Crippen LogP contribution in [0.4, 0.5) is 4.39 Å². The van der Waals surface area contributed by atoms with Gasteiger partial charge in [-0.15, -0.1) is 0 Å². The summed E-state index contributed by atoms with van der Waals surface area (Å²) >= 11 is 5.66. The minimum atomic E-state index is -0.577. The predicted molar refractivity (Wildman–Crippen MR) is 72.0 cm³/mol. The van der Waals surface area contributed by atoms with Crippen LogP contribution in [0.3, 0.4) is 0 Å². The highest BCUT2D eigenvalue weighted by Gasteiger charge is 2.30. The standard InChI is InChI=1S/C15H20ClFO/c1-9-3-4-11(7-10(9)2)15(18)12-5-6-13(16)14(17)8-12/h5-6,8-11,15,18H,3-4,7H2,1-2H3. The molecule has 0 bridgehead atoms. The van der Waals surface area contributed by atoms with Gasteiger partial charge in [-0.2, -0.15) is 0 Å². The SMILES string of the molecule is CC1CCC(C(O)c2ccc(Cl)c(F)c2)CC1C. The Bertz CT molecular complexity index is 421. The average molecular weight is 271 g/mol. The lowest BCUT2D eigenvalue weighted by molar-refractivity contribution is 0.0559. The van der Waals surface area contributed by atoms with E-state index in [4.69, 9.17) is 11.6 Å². The van der Waals surface area contributed by atoms with E-state index in [2.05, 4.69) is 13.8 Å².